The van der Waals surface area contributed by atoms with Crippen LogP contribution in [0.25, 0.3) is 0 Å². The molecule has 0 nitrogen and oxygen atoms in total. The van der Waals surface area contributed by atoms with Gasteiger partial charge in [-0.3, -0.25) is 0 Å². The van der Waals surface area contributed by atoms with Crippen molar-refractivity contribution in [3.05, 3.63) is 34.9 Å². The summed E-state index contributed by atoms with van der Waals surface area (Å²) < 4.78 is 23.3. The highest BCUT2D eigenvalue weighted by Gasteiger charge is 1.95. The highest BCUT2D eigenvalue weighted by molar-refractivity contribution is 6.31. The highest BCUT2D eigenvalue weighted by atomic mass is 35.5. The molecule has 0 N–H and O–H groups in total. The Labute approximate surface area is 74.2 Å². The van der Waals surface area contributed by atoms with E-state index in [0.29, 0.717) is 10.6 Å². The van der Waals surface area contributed by atoms with Crippen molar-refractivity contribution in [1.29, 1.82) is 0 Å². The smallest absolute Gasteiger partial charge is 0.196 e. The molecule has 0 heterocycles. The summed E-state index contributed by atoms with van der Waals surface area (Å²) in [5, 5.41) is 0.394. The van der Waals surface area contributed by atoms with E-state index in [2.05, 4.69) is 5.92 Å². The van der Waals surface area contributed by atoms with Crippen LogP contribution in [0.1, 0.15) is 5.56 Å². The number of halogens is 3. The van der Waals surface area contributed by atoms with E-state index in [1.807, 2.05) is 0 Å². The summed E-state index contributed by atoms with van der Waals surface area (Å²) in [4.78, 5) is 0. The van der Waals surface area contributed by atoms with E-state index in [1.165, 1.54) is 0 Å². The molecule has 0 aromatic heterocycles. The van der Waals surface area contributed by atoms with E-state index < -0.39 is 6.43 Å². The number of hydrogen-bond acceptors (Lipinski definition) is 0. The van der Waals surface area contributed by atoms with Crippen LogP contribution in [-0.2, 0) is 0 Å². The standard InChI is InChI=1S/C9H5ClF2/c10-8-4-2-1-3-7(8)5-6-9(11)12/h1-4,9H. The second-order valence-corrected chi connectivity index (χ2v) is 2.46. The number of benzene rings is 1. The van der Waals surface area contributed by atoms with Gasteiger partial charge in [0.2, 0.25) is 0 Å². The van der Waals surface area contributed by atoms with Crippen molar-refractivity contribution in [2.75, 3.05) is 0 Å². The Balaban J connectivity index is 2.92. The first-order valence-corrected chi connectivity index (χ1v) is 3.62. The summed E-state index contributed by atoms with van der Waals surface area (Å²) in [6, 6.07) is 6.62. The molecule has 0 aliphatic carbocycles. The van der Waals surface area contributed by atoms with Gasteiger partial charge in [-0.15, -0.1) is 0 Å². The molecule has 0 radical (unpaired) electrons. The molecule has 0 saturated heterocycles. The van der Waals surface area contributed by atoms with Crippen LogP contribution in [0, 0.1) is 11.8 Å². The van der Waals surface area contributed by atoms with E-state index >= 15 is 0 Å². The van der Waals surface area contributed by atoms with Gasteiger partial charge in [0.15, 0.2) is 0 Å². The first kappa shape index (κ1) is 9.02. The number of hydrogen-bond donors (Lipinski definition) is 0. The predicted octanol–water partition coefficient (Wildman–Crippen LogP) is 2.96. The van der Waals surface area contributed by atoms with Gasteiger partial charge < -0.3 is 0 Å². The fraction of sp³-hybridized carbons (Fsp3) is 0.111. The van der Waals surface area contributed by atoms with Crippen molar-refractivity contribution in [3.8, 4) is 11.8 Å². The lowest BCUT2D eigenvalue weighted by Gasteiger charge is -1.92. The van der Waals surface area contributed by atoms with E-state index in [9.17, 15) is 8.78 Å². The predicted molar refractivity (Wildman–Crippen MR) is 44.3 cm³/mol. The quantitative estimate of drug-likeness (QED) is 0.547. The molecule has 0 spiro atoms. The molecule has 0 fully saturated rings. The average Bonchev–Trinajstić information content (AvgIpc) is 2.03. The normalized spacial score (nSPS) is 9.33. The summed E-state index contributed by atoms with van der Waals surface area (Å²) in [7, 11) is 0. The third kappa shape index (κ3) is 2.52. The van der Waals surface area contributed by atoms with Crippen molar-refractivity contribution in [3.63, 3.8) is 0 Å². The van der Waals surface area contributed by atoms with E-state index in [0.717, 1.165) is 0 Å². The fourth-order valence-electron chi connectivity index (χ4n) is 0.695. The molecule has 0 saturated carbocycles. The minimum absolute atomic E-state index is 0.394. The van der Waals surface area contributed by atoms with Gasteiger partial charge in [0.25, 0.3) is 6.43 Å². The number of alkyl halides is 2. The topological polar surface area (TPSA) is 0 Å². The lowest BCUT2D eigenvalue weighted by molar-refractivity contribution is 0.215. The molecule has 0 aliphatic heterocycles. The van der Waals surface area contributed by atoms with Gasteiger partial charge in [-0.1, -0.05) is 29.7 Å². The monoisotopic (exact) mass is 186 g/mol. The molecule has 0 unspecified atom stereocenters. The first-order valence-electron chi connectivity index (χ1n) is 3.24. The van der Waals surface area contributed by atoms with E-state index in [4.69, 9.17) is 11.6 Å². The SMILES string of the molecule is FC(F)C#Cc1ccccc1Cl. The van der Waals surface area contributed by atoms with Gasteiger partial charge in [0.05, 0.1) is 5.02 Å². The Morgan fingerprint density at radius 2 is 1.92 bits per heavy atom. The molecule has 12 heavy (non-hydrogen) atoms. The zero-order chi connectivity index (χ0) is 8.97. The molecular formula is C9H5ClF2. The Morgan fingerprint density at radius 1 is 1.25 bits per heavy atom. The van der Waals surface area contributed by atoms with Crippen LogP contribution in [0.2, 0.25) is 5.02 Å². The van der Waals surface area contributed by atoms with Gasteiger partial charge in [0.1, 0.15) is 0 Å². The summed E-state index contributed by atoms with van der Waals surface area (Å²) in [6.45, 7) is 0. The third-order valence-corrected chi connectivity index (χ3v) is 1.52. The lowest BCUT2D eigenvalue weighted by atomic mass is 10.2. The minimum atomic E-state index is -2.61. The average molecular weight is 187 g/mol. The third-order valence-electron chi connectivity index (χ3n) is 1.19. The second-order valence-electron chi connectivity index (χ2n) is 2.05. The molecule has 1 aromatic carbocycles. The summed E-state index contributed by atoms with van der Waals surface area (Å²) in [5.74, 6) is 4.02. The van der Waals surface area contributed by atoms with Crippen molar-refractivity contribution >= 4 is 11.6 Å². The molecule has 1 aromatic rings. The van der Waals surface area contributed by atoms with E-state index in [1.54, 1.807) is 30.2 Å². The van der Waals surface area contributed by atoms with Crippen LogP contribution < -0.4 is 0 Å². The fourth-order valence-corrected chi connectivity index (χ4v) is 0.878. The van der Waals surface area contributed by atoms with Crippen LogP contribution in [-0.4, -0.2) is 6.43 Å². The molecule has 62 valence electrons. The zero-order valence-electron chi connectivity index (χ0n) is 6.02. The Morgan fingerprint density at radius 3 is 2.50 bits per heavy atom. The summed E-state index contributed by atoms with van der Waals surface area (Å²) in [6.07, 6.45) is -2.61. The van der Waals surface area contributed by atoms with Crippen molar-refractivity contribution < 1.29 is 8.78 Å². The van der Waals surface area contributed by atoms with Crippen molar-refractivity contribution in [2.24, 2.45) is 0 Å². The van der Waals surface area contributed by atoms with Crippen LogP contribution >= 0.6 is 11.6 Å². The molecular weight excluding hydrogens is 182 g/mol. The molecule has 0 amide bonds. The maximum absolute atomic E-state index is 11.6. The van der Waals surface area contributed by atoms with Gasteiger partial charge >= 0.3 is 0 Å². The number of rotatable bonds is 0. The Kier molecular flexibility index (Phi) is 3.07. The maximum Gasteiger partial charge on any atom is 0.299 e. The van der Waals surface area contributed by atoms with Gasteiger partial charge in [-0.05, 0) is 18.1 Å². The lowest BCUT2D eigenvalue weighted by Crippen LogP contribution is -1.82. The van der Waals surface area contributed by atoms with Gasteiger partial charge in [-0.2, -0.15) is 8.78 Å². The van der Waals surface area contributed by atoms with Crippen LogP contribution in [0.4, 0.5) is 8.78 Å². The maximum atomic E-state index is 11.6. The zero-order valence-corrected chi connectivity index (χ0v) is 6.78. The van der Waals surface area contributed by atoms with Crippen LogP contribution in [0.3, 0.4) is 0 Å². The van der Waals surface area contributed by atoms with E-state index in [-0.39, 0.29) is 0 Å². The molecule has 1 rings (SSSR count). The summed E-state index contributed by atoms with van der Waals surface area (Å²) >= 11 is 5.66. The van der Waals surface area contributed by atoms with Gasteiger partial charge in [0, 0.05) is 5.56 Å². The molecule has 3 heteroatoms. The molecule has 0 aliphatic rings. The van der Waals surface area contributed by atoms with Crippen molar-refractivity contribution in [2.45, 2.75) is 6.43 Å². The summed E-state index contributed by atoms with van der Waals surface area (Å²) in [5.41, 5.74) is 0.430. The van der Waals surface area contributed by atoms with Crippen molar-refractivity contribution in [1.82, 2.24) is 0 Å². The first-order chi connectivity index (χ1) is 5.70. The molecule has 0 atom stereocenters. The largest absolute Gasteiger partial charge is 0.299 e. The second kappa shape index (κ2) is 4.08. The van der Waals surface area contributed by atoms with Crippen LogP contribution in [0.5, 0.6) is 0 Å². The molecule has 0 bridgehead atoms. The Bertz CT molecular complexity index is 323. The van der Waals surface area contributed by atoms with Crippen LogP contribution in [0.15, 0.2) is 24.3 Å². The van der Waals surface area contributed by atoms with Gasteiger partial charge in [-0.25, -0.2) is 0 Å². The highest BCUT2D eigenvalue weighted by Crippen LogP contribution is 2.13. The minimum Gasteiger partial charge on any atom is -0.196 e. The Hall–Kier alpha value is -1.07.